The molecule has 0 spiro atoms. The number of aromatic nitrogens is 2. The van der Waals surface area contributed by atoms with Gasteiger partial charge in [0.1, 0.15) is 5.82 Å². The molecule has 0 saturated carbocycles. The van der Waals surface area contributed by atoms with Crippen LogP contribution in [0.4, 0.5) is 24.9 Å². The SMILES string of the molecule is COCCNC(=S)Nc1nc(N2CCCCC2C)cc(C(F)(F)F)n1. The minimum atomic E-state index is -4.56. The van der Waals surface area contributed by atoms with Crippen LogP contribution in [0.1, 0.15) is 31.9 Å². The lowest BCUT2D eigenvalue weighted by atomic mass is 10.0. The van der Waals surface area contributed by atoms with Crippen molar-refractivity contribution >= 4 is 29.1 Å². The first-order valence-electron chi connectivity index (χ1n) is 8.08. The summed E-state index contributed by atoms with van der Waals surface area (Å²) in [5.41, 5.74) is -0.988. The predicted octanol–water partition coefficient (Wildman–Crippen LogP) is 2.81. The Kier molecular flexibility index (Phi) is 6.77. The first kappa shape index (κ1) is 19.6. The van der Waals surface area contributed by atoms with Crippen LogP contribution in [-0.4, -0.2) is 47.9 Å². The summed E-state index contributed by atoms with van der Waals surface area (Å²) in [6, 6.07) is 1.12. The summed E-state index contributed by atoms with van der Waals surface area (Å²) in [4.78, 5) is 9.68. The van der Waals surface area contributed by atoms with E-state index in [4.69, 9.17) is 17.0 Å². The Morgan fingerprint density at radius 2 is 2.16 bits per heavy atom. The third-order valence-electron chi connectivity index (χ3n) is 3.92. The molecule has 2 heterocycles. The minimum absolute atomic E-state index is 0.129. The number of alkyl halides is 3. The number of ether oxygens (including phenoxy) is 1. The molecule has 0 radical (unpaired) electrons. The number of halogens is 3. The Morgan fingerprint density at radius 3 is 2.80 bits per heavy atom. The summed E-state index contributed by atoms with van der Waals surface area (Å²) in [6.45, 7) is 3.50. The third kappa shape index (κ3) is 5.67. The third-order valence-corrected chi connectivity index (χ3v) is 4.16. The lowest BCUT2D eigenvalue weighted by Gasteiger charge is -2.34. The van der Waals surface area contributed by atoms with Gasteiger partial charge in [-0.05, 0) is 38.4 Å². The molecule has 1 aromatic heterocycles. The molecule has 25 heavy (non-hydrogen) atoms. The number of thiocarbonyl (C=S) groups is 1. The zero-order chi connectivity index (χ0) is 18.4. The topological polar surface area (TPSA) is 62.3 Å². The summed E-state index contributed by atoms with van der Waals surface area (Å²) in [6.07, 6.45) is -1.65. The highest BCUT2D eigenvalue weighted by Gasteiger charge is 2.35. The van der Waals surface area contributed by atoms with Gasteiger partial charge in [0, 0.05) is 32.3 Å². The van der Waals surface area contributed by atoms with E-state index in [1.165, 1.54) is 0 Å². The number of methoxy groups -OCH3 is 1. The Hall–Kier alpha value is -1.68. The lowest BCUT2D eigenvalue weighted by Crippen LogP contribution is -2.38. The molecule has 0 bridgehead atoms. The summed E-state index contributed by atoms with van der Waals surface area (Å²) in [5, 5.41) is 5.59. The van der Waals surface area contributed by atoms with Gasteiger partial charge in [-0.15, -0.1) is 0 Å². The van der Waals surface area contributed by atoms with Crippen molar-refractivity contribution in [3.63, 3.8) is 0 Å². The van der Waals surface area contributed by atoms with E-state index in [1.807, 2.05) is 11.8 Å². The first-order chi connectivity index (χ1) is 11.8. The van der Waals surface area contributed by atoms with Gasteiger partial charge in [-0.25, -0.2) is 4.98 Å². The second-order valence-corrected chi connectivity index (χ2v) is 6.25. The van der Waals surface area contributed by atoms with Gasteiger partial charge in [0.05, 0.1) is 6.61 Å². The fourth-order valence-corrected chi connectivity index (χ4v) is 2.83. The van der Waals surface area contributed by atoms with Crippen molar-refractivity contribution < 1.29 is 17.9 Å². The van der Waals surface area contributed by atoms with E-state index < -0.39 is 11.9 Å². The van der Waals surface area contributed by atoms with E-state index in [9.17, 15) is 13.2 Å². The predicted molar refractivity (Wildman–Crippen MR) is 93.8 cm³/mol. The molecule has 10 heteroatoms. The molecular formula is C15H22F3N5OS. The lowest BCUT2D eigenvalue weighted by molar-refractivity contribution is -0.141. The molecule has 2 rings (SSSR count). The molecule has 1 fully saturated rings. The molecule has 0 aliphatic carbocycles. The van der Waals surface area contributed by atoms with E-state index in [-0.39, 0.29) is 22.9 Å². The normalized spacial score (nSPS) is 18.1. The molecule has 1 aliphatic rings. The molecular weight excluding hydrogens is 355 g/mol. The number of nitrogens with zero attached hydrogens (tertiary/aromatic N) is 3. The minimum Gasteiger partial charge on any atom is -0.383 e. The van der Waals surface area contributed by atoms with E-state index in [1.54, 1.807) is 7.11 Å². The second kappa shape index (κ2) is 8.61. The van der Waals surface area contributed by atoms with Crippen LogP contribution in [0.5, 0.6) is 0 Å². The highest BCUT2D eigenvalue weighted by Crippen LogP contribution is 2.32. The van der Waals surface area contributed by atoms with Crippen LogP contribution < -0.4 is 15.5 Å². The van der Waals surface area contributed by atoms with Crippen LogP contribution in [0.2, 0.25) is 0 Å². The first-order valence-corrected chi connectivity index (χ1v) is 8.49. The van der Waals surface area contributed by atoms with Crippen molar-refractivity contribution in [3.05, 3.63) is 11.8 Å². The van der Waals surface area contributed by atoms with Crippen molar-refractivity contribution in [2.75, 3.05) is 37.0 Å². The van der Waals surface area contributed by atoms with E-state index >= 15 is 0 Å². The monoisotopic (exact) mass is 377 g/mol. The van der Waals surface area contributed by atoms with Gasteiger partial charge in [-0.1, -0.05) is 0 Å². The second-order valence-electron chi connectivity index (χ2n) is 5.84. The molecule has 140 valence electrons. The molecule has 0 aromatic carbocycles. The molecule has 1 aromatic rings. The summed E-state index contributed by atoms with van der Waals surface area (Å²) >= 11 is 5.06. The van der Waals surface area contributed by atoms with E-state index in [0.29, 0.717) is 19.7 Å². The average molecular weight is 377 g/mol. The molecule has 6 nitrogen and oxygen atoms in total. The highest BCUT2D eigenvalue weighted by molar-refractivity contribution is 7.80. The zero-order valence-corrected chi connectivity index (χ0v) is 15.0. The number of anilines is 2. The Labute approximate surface area is 150 Å². The molecule has 1 aliphatic heterocycles. The smallest absolute Gasteiger partial charge is 0.383 e. The standard InChI is InChI=1S/C15H22F3N5OS/c1-10-5-3-4-7-23(10)12-9-11(15(16,17)18)20-13(21-12)22-14(25)19-6-8-24-2/h9-10H,3-8H2,1-2H3,(H2,19,20,21,22,25). The number of nitrogens with one attached hydrogen (secondary N) is 2. The van der Waals surface area contributed by atoms with Gasteiger partial charge < -0.3 is 20.3 Å². The van der Waals surface area contributed by atoms with Crippen molar-refractivity contribution in [2.45, 2.75) is 38.4 Å². The van der Waals surface area contributed by atoms with Gasteiger partial charge >= 0.3 is 6.18 Å². The van der Waals surface area contributed by atoms with Crippen LogP contribution >= 0.6 is 12.2 Å². The summed E-state index contributed by atoms with van der Waals surface area (Å²) in [5.74, 6) is 0.0919. The molecule has 1 atom stereocenters. The Balaban J connectivity index is 2.23. The van der Waals surface area contributed by atoms with Gasteiger partial charge in [0.2, 0.25) is 5.95 Å². The Bertz CT molecular complexity index is 599. The fourth-order valence-electron chi connectivity index (χ4n) is 2.63. The maximum Gasteiger partial charge on any atom is 0.433 e. The Morgan fingerprint density at radius 1 is 1.40 bits per heavy atom. The molecule has 0 amide bonds. The van der Waals surface area contributed by atoms with E-state index in [0.717, 1.165) is 25.3 Å². The average Bonchev–Trinajstić information content (AvgIpc) is 2.54. The number of hydrogen-bond acceptors (Lipinski definition) is 5. The quantitative estimate of drug-likeness (QED) is 0.604. The number of piperidine rings is 1. The maximum atomic E-state index is 13.2. The molecule has 2 N–H and O–H groups in total. The van der Waals surface area contributed by atoms with Crippen molar-refractivity contribution in [2.24, 2.45) is 0 Å². The van der Waals surface area contributed by atoms with Crippen LogP contribution in [-0.2, 0) is 10.9 Å². The van der Waals surface area contributed by atoms with Crippen LogP contribution in [0.25, 0.3) is 0 Å². The van der Waals surface area contributed by atoms with Crippen molar-refractivity contribution in [1.29, 1.82) is 0 Å². The fraction of sp³-hybridized carbons (Fsp3) is 0.667. The van der Waals surface area contributed by atoms with Crippen molar-refractivity contribution in [3.8, 4) is 0 Å². The van der Waals surface area contributed by atoms with Crippen LogP contribution in [0.15, 0.2) is 6.07 Å². The zero-order valence-electron chi connectivity index (χ0n) is 14.2. The summed E-state index contributed by atoms with van der Waals surface area (Å²) in [7, 11) is 1.54. The largest absolute Gasteiger partial charge is 0.433 e. The summed E-state index contributed by atoms with van der Waals surface area (Å²) < 4.78 is 44.5. The van der Waals surface area contributed by atoms with Gasteiger partial charge in [-0.3, -0.25) is 0 Å². The number of rotatable bonds is 5. The van der Waals surface area contributed by atoms with Crippen molar-refractivity contribution in [1.82, 2.24) is 15.3 Å². The van der Waals surface area contributed by atoms with Gasteiger partial charge in [0.25, 0.3) is 0 Å². The number of hydrogen-bond donors (Lipinski definition) is 2. The van der Waals surface area contributed by atoms with Crippen LogP contribution in [0.3, 0.4) is 0 Å². The maximum absolute atomic E-state index is 13.2. The highest BCUT2D eigenvalue weighted by atomic mass is 32.1. The van der Waals surface area contributed by atoms with Crippen LogP contribution in [0, 0.1) is 0 Å². The van der Waals surface area contributed by atoms with Gasteiger partial charge in [-0.2, -0.15) is 18.2 Å². The molecule has 1 saturated heterocycles. The van der Waals surface area contributed by atoms with Gasteiger partial charge in [0.15, 0.2) is 10.8 Å². The van der Waals surface area contributed by atoms with E-state index in [2.05, 4.69) is 20.6 Å². The molecule has 1 unspecified atom stereocenters.